The summed E-state index contributed by atoms with van der Waals surface area (Å²) in [5.74, 6) is 0. The van der Waals surface area contributed by atoms with Crippen molar-refractivity contribution in [3.8, 4) is 0 Å². The van der Waals surface area contributed by atoms with Gasteiger partial charge in [-0.15, -0.1) is 0 Å². The molecule has 1 aromatic carbocycles. The third-order valence-electron chi connectivity index (χ3n) is 2.44. The quantitative estimate of drug-likeness (QED) is 0.799. The fourth-order valence-corrected chi connectivity index (χ4v) is 1.58. The number of amides is 1. The van der Waals surface area contributed by atoms with E-state index in [4.69, 9.17) is 22.4 Å². The Kier molecular flexibility index (Phi) is 3.88. The highest BCUT2D eigenvalue weighted by atomic mass is 35.5. The van der Waals surface area contributed by atoms with Crippen LogP contribution in [0.1, 0.15) is 26.3 Å². The topological polar surface area (TPSA) is 66.6 Å². The van der Waals surface area contributed by atoms with Crippen LogP contribution in [0.3, 0.4) is 0 Å². The van der Waals surface area contributed by atoms with E-state index in [2.05, 4.69) is 0 Å². The first-order valence-corrected chi connectivity index (χ1v) is 5.64. The molecule has 0 heterocycles. The van der Waals surface area contributed by atoms with Crippen molar-refractivity contribution in [2.24, 2.45) is 0 Å². The van der Waals surface area contributed by atoms with E-state index < -0.39 is 11.6 Å². The summed E-state index contributed by atoms with van der Waals surface area (Å²) in [7, 11) is 0. The molecule has 1 rings (SSSR count). The Morgan fingerprint density at radius 3 is 2.47 bits per heavy atom. The maximum absolute atomic E-state index is 11.2. The van der Waals surface area contributed by atoms with Crippen molar-refractivity contribution >= 4 is 23.4 Å². The van der Waals surface area contributed by atoms with Gasteiger partial charge in [-0.1, -0.05) is 17.7 Å². The number of benzene rings is 1. The molecule has 3 N–H and O–H groups in total. The van der Waals surface area contributed by atoms with Crippen LogP contribution < -0.4 is 5.73 Å². The zero-order valence-electron chi connectivity index (χ0n) is 10.2. The van der Waals surface area contributed by atoms with E-state index in [1.54, 1.807) is 18.2 Å². The summed E-state index contributed by atoms with van der Waals surface area (Å²) in [5.41, 5.74) is 6.51. The van der Waals surface area contributed by atoms with E-state index in [1.165, 1.54) is 4.90 Å². The number of hydrogen-bond donors (Lipinski definition) is 2. The number of nitrogen functional groups attached to an aromatic ring is 1. The molecule has 1 aromatic rings. The maximum Gasteiger partial charge on any atom is 0.408 e. The number of carboxylic acid groups (broad SMARTS) is 1. The minimum absolute atomic E-state index is 0.292. The predicted octanol–water partition coefficient (Wildman–Crippen LogP) is 3.20. The zero-order valence-corrected chi connectivity index (χ0v) is 11.0. The van der Waals surface area contributed by atoms with Crippen molar-refractivity contribution in [1.29, 1.82) is 0 Å². The highest BCUT2D eigenvalue weighted by molar-refractivity contribution is 6.33. The number of carbonyl (C=O) groups is 1. The fourth-order valence-electron chi connectivity index (χ4n) is 1.47. The van der Waals surface area contributed by atoms with Crippen molar-refractivity contribution in [3.63, 3.8) is 0 Å². The first-order chi connectivity index (χ1) is 7.71. The Bertz CT molecular complexity index is 427. The molecular weight excluding hydrogens is 240 g/mol. The van der Waals surface area contributed by atoms with Crippen LogP contribution in [-0.2, 0) is 6.54 Å². The summed E-state index contributed by atoms with van der Waals surface area (Å²) in [6.07, 6.45) is -0.953. The van der Waals surface area contributed by atoms with Gasteiger partial charge in [-0.25, -0.2) is 4.79 Å². The summed E-state index contributed by atoms with van der Waals surface area (Å²) in [6, 6.07) is 5.15. The average Bonchev–Trinajstić information content (AvgIpc) is 2.17. The smallest absolute Gasteiger partial charge is 0.408 e. The first-order valence-electron chi connectivity index (χ1n) is 5.26. The Morgan fingerprint density at radius 1 is 1.47 bits per heavy atom. The van der Waals surface area contributed by atoms with Crippen LogP contribution in [0.5, 0.6) is 0 Å². The monoisotopic (exact) mass is 256 g/mol. The molecule has 0 aliphatic rings. The number of nitrogens with zero attached hydrogens (tertiary/aromatic N) is 1. The number of nitrogens with two attached hydrogens (primary N) is 1. The van der Waals surface area contributed by atoms with Gasteiger partial charge >= 0.3 is 6.09 Å². The number of rotatable bonds is 2. The first kappa shape index (κ1) is 13.6. The molecule has 0 fully saturated rings. The molecular formula is C12H17ClN2O2. The second-order valence-corrected chi connectivity index (χ2v) is 5.30. The molecule has 4 nitrogen and oxygen atoms in total. The lowest BCUT2D eigenvalue weighted by atomic mass is 10.1. The van der Waals surface area contributed by atoms with E-state index in [9.17, 15) is 4.79 Å². The van der Waals surface area contributed by atoms with Crippen LogP contribution in [0.15, 0.2) is 18.2 Å². The van der Waals surface area contributed by atoms with Gasteiger partial charge in [0.05, 0.1) is 10.7 Å². The van der Waals surface area contributed by atoms with Gasteiger partial charge in [0.15, 0.2) is 0 Å². The normalized spacial score (nSPS) is 11.3. The minimum atomic E-state index is -0.953. The molecule has 0 saturated heterocycles. The molecule has 0 aliphatic carbocycles. The Labute approximate surface area is 106 Å². The van der Waals surface area contributed by atoms with E-state index in [0.29, 0.717) is 17.3 Å². The SMILES string of the molecule is CC(C)(C)N(Cc1ccc(Cl)c(N)c1)C(=O)O. The molecule has 0 aromatic heterocycles. The average molecular weight is 257 g/mol. The van der Waals surface area contributed by atoms with Gasteiger partial charge in [-0.3, -0.25) is 4.90 Å². The molecule has 0 spiro atoms. The van der Waals surface area contributed by atoms with Gasteiger partial charge in [0.25, 0.3) is 0 Å². The van der Waals surface area contributed by atoms with Crippen molar-refractivity contribution in [2.45, 2.75) is 32.9 Å². The molecule has 0 aliphatic heterocycles. The molecule has 0 atom stereocenters. The maximum atomic E-state index is 11.2. The third-order valence-corrected chi connectivity index (χ3v) is 2.79. The molecule has 94 valence electrons. The predicted molar refractivity (Wildman–Crippen MR) is 69.2 cm³/mol. The van der Waals surface area contributed by atoms with E-state index in [-0.39, 0.29) is 0 Å². The number of halogens is 1. The molecule has 0 saturated carbocycles. The largest absolute Gasteiger partial charge is 0.465 e. The summed E-state index contributed by atoms with van der Waals surface area (Å²) < 4.78 is 0. The van der Waals surface area contributed by atoms with Gasteiger partial charge in [0.2, 0.25) is 0 Å². The van der Waals surface area contributed by atoms with E-state index >= 15 is 0 Å². The lowest BCUT2D eigenvalue weighted by Crippen LogP contribution is -2.44. The molecule has 5 heteroatoms. The van der Waals surface area contributed by atoms with Gasteiger partial charge < -0.3 is 10.8 Å². The van der Waals surface area contributed by atoms with Crippen molar-refractivity contribution in [1.82, 2.24) is 4.90 Å². The highest BCUT2D eigenvalue weighted by Gasteiger charge is 2.26. The van der Waals surface area contributed by atoms with E-state index in [1.807, 2.05) is 20.8 Å². The fraction of sp³-hybridized carbons (Fsp3) is 0.417. The summed E-state index contributed by atoms with van der Waals surface area (Å²) in [5, 5.41) is 9.64. The van der Waals surface area contributed by atoms with Gasteiger partial charge in [-0.05, 0) is 38.5 Å². The van der Waals surface area contributed by atoms with Crippen LogP contribution in [0, 0.1) is 0 Å². The second kappa shape index (κ2) is 4.84. The highest BCUT2D eigenvalue weighted by Crippen LogP contribution is 2.23. The standard InChI is InChI=1S/C12H17ClN2O2/c1-12(2,3)15(11(16)17)7-8-4-5-9(13)10(14)6-8/h4-6H,7,14H2,1-3H3,(H,16,17). The summed E-state index contributed by atoms with van der Waals surface area (Å²) in [4.78, 5) is 12.5. The van der Waals surface area contributed by atoms with Gasteiger partial charge in [-0.2, -0.15) is 0 Å². The summed E-state index contributed by atoms with van der Waals surface area (Å²) in [6.45, 7) is 5.83. The molecule has 0 unspecified atom stereocenters. The third kappa shape index (κ3) is 3.53. The van der Waals surface area contributed by atoms with Gasteiger partial charge in [0, 0.05) is 12.1 Å². The second-order valence-electron chi connectivity index (χ2n) is 4.90. The van der Waals surface area contributed by atoms with E-state index in [0.717, 1.165) is 5.56 Å². The van der Waals surface area contributed by atoms with Crippen LogP contribution in [0.2, 0.25) is 5.02 Å². The Balaban J connectivity index is 2.95. The lowest BCUT2D eigenvalue weighted by Gasteiger charge is -2.33. The van der Waals surface area contributed by atoms with Crippen LogP contribution in [0.4, 0.5) is 10.5 Å². The number of anilines is 1. The van der Waals surface area contributed by atoms with Crippen molar-refractivity contribution in [2.75, 3.05) is 5.73 Å². The molecule has 0 radical (unpaired) electrons. The molecule has 0 bridgehead atoms. The Hall–Kier alpha value is -1.42. The molecule has 1 amide bonds. The van der Waals surface area contributed by atoms with Crippen LogP contribution in [0.25, 0.3) is 0 Å². The zero-order chi connectivity index (χ0) is 13.2. The Morgan fingerprint density at radius 2 is 2.06 bits per heavy atom. The van der Waals surface area contributed by atoms with Crippen molar-refractivity contribution in [3.05, 3.63) is 28.8 Å². The van der Waals surface area contributed by atoms with Crippen molar-refractivity contribution < 1.29 is 9.90 Å². The lowest BCUT2D eigenvalue weighted by molar-refractivity contribution is 0.0956. The molecule has 17 heavy (non-hydrogen) atoms. The van der Waals surface area contributed by atoms with Crippen LogP contribution >= 0.6 is 11.6 Å². The number of hydrogen-bond acceptors (Lipinski definition) is 2. The van der Waals surface area contributed by atoms with Gasteiger partial charge in [0.1, 0.15) is 0 Å². The van der Waals surface area contributed by atoms with Crippen LogP contribution in [-0.4, -0.2) is 21.6 Å². The minimum Gasteiger partial charge on any atom is -0.465 e. The summed E-state index contributed by atoms with van der Waals surface area (Å²) >= 11 is 5.81.